The second-order valence-electron chi connectivity index (χ2n) is 5.45. The Labute approximate surface area is 125 Å². The molecule has 0 aliphatic carbocycles. The maximum atomic E-state index is 10.1. The van der Waals surface area contributed by atoms with Gasteiger partial charge in [-0.1, -0.05) is 0 Å². The maximum Gasteiger partial charge on any atom is 0.142 e. The number of nitrogens with zero attached hydrogens (tertiary/aromatic N) is 2. The Morgan fingerprint density at radius 3 is 2.36 bits per heavy atom. The summed E-state index contributed by atoms with van der Waals surface area (Å²) in [7, 11) is 0. The highest BCUT2D eigenvalue weighted by Crippen LogP contribution is 2.34. The highest BCUT2D eigenvalue weighted by atomic mass is 16.3. The Bertz CT molecular complexity index is 979. The zero-order valence-electron chi connectivity index (χ0n) is 12.1. The molecule has 0 saturated heterocycles. The van der Waals surface area contributed by atoms with Gasteiger partial charge in [0, 0.05) is 0 Å². The SMILES string of the molecule is Cc1nc2cc3nc(-c4cc(O)c(C)cc4O)[nH]c3cc2[nH]1. The smallest absolute Gasteiger partial charge is 0.142 e. The largest absolute Gasteiger partial charge is 0.508 e. The number of nitrogens with one attached hydrogen (secondary N) is 2. The molecule has 0 spiro atoms. The Balaban J connectivity index is 1.94. The van der Waals surface area contributed by atoms with Gasteiger partial charge in [-0.25, -0.2) is 9.97 Å². The van der Waals surface area contributed by atoms with Gasteiger partial charge < -0.3 is 20.2 Å². The van der Waals surface area contributed by atoms with E-state index in [0.717, 1.165) is 27.9 Å². The van der Waals surface area contributed by atoms with Crippen LogP contribution < -0.4 is 0 Å². The first-order valence-corrected chi connectivity index (χ1v) is 6.90. The van der Waals surface area contributed by atoms with Gasteiger partial charge in [0.1, 0.15) is 23.1 Å². The van der Waals surface area contributed by atoms with Crippen LogP contribution >= 0.6 is 0 Å². The molecule has 0 saturated carbocycles. The average molecular weight is 294 g/mol. The van der Waals surface area contributed by atoms with Crippen molar-refractivity contribution in [3.05, 3.63) is 35.7 Å². The summed E-state index contributed by atoms with van der Waals surface area (Å²) < 4.78 is 0. The number of H-pyrrole nitrogens is 2. The van der Waals surface area contributed by atoms with Gasteiger partial charge >= 0.3 is 0 Å². The second kappa shape index (κ2) is 4.24. The van der Waals surface area contributed by atoms with Crippen molar-refractivity contribution >= 4 is 22.1 Å². The van der Waals surface area contributed by atoms with Crippen LogP contribution in [0.4, 0.5) is 0 Å². The van der Waals surface area contributed by atoms with E-state index in [2.05, 4.69) is 19.9 Å². The molecule has 0 amide bonds. The van der Waals surface area contributed by atoms with Crippen LogP contribution in [0.3, 0.4) is 0 Å². The lowest BCUT2D eigenvalue weighted by Gasteiger charge is -2.04. The number of phenols is 2. The van der Waals surface area contributed by atoms with Crippen LogP contribution in [-0.2, 0) is 0 Å². The average Bonchev–Trinajstić information content (AvgIpc) is 3.01. The number of aromatic hydroxyl groups is 2. The predicted molar refractivity (Wildman–Crippen MR) is 84.0 cm³/mol. The van der Waals surface area contributed by atoms with Gasteiger partial charge in [-0.3, -0.25) is 0 Å². The lowest BCUT2D eigenvalue weighted by molar-refractivity contribution is 0.458. The van der Waals surface area contributed by atoms with Crippen molar-refractivity contribution in [2.75, 3.05) is 0 Å². The van der Waals surface area contributed by atoms with E-state index < -0.39 is 0 Å². The highest BCUT2D eigenvalue weighted by molar-refractivity contribution is 5.93. The number of rotatable bonds is 1. The molecule has 4 aromatic rings. The van der Waals surface area contributed by atoms with Crippen molar-refractivity contribution in [1.29, 1.82) is 0 Å². The van der Waals surface area contributed by atoms with Gasteiger partial charge in [0.2, 0.25) is 0 Å². The maximum absolute atomic E-state index is 10.1. The molecule has 110 valence electrons. The molecule has 2 aromatic heterocycles. The van der Waals surface area contributed by atoms with E-state index in [0.29, 0.717) is 17.0 Å². The molecular formula is C16H14N4O2. The molecule has 0 atom stereocenters. The third kappa shape index (κ3) is 1.81. The molecular weight excluding hydrogens is 280 g/mol. The molecule has 0 radical (unpaired) electrons. The summed E-state index contributed by atoms with van der Waals surface area (Å²) in [6, 6.07) is 6.86. The van der Waals surface area contributed by atoms with Crippen molar-refractivity contribution in [2.45, 2.75) is 13.8 Å². The van der Waals surface area contributed by atoms with Gasteiger partial charge in [0.15, 0.2) is 0 Å². The first-order chi connectivity index (χ1) is 10.5. The van der Waals surface area contributed by atoms with Gasteiger partial charge in [-0.05, 0) is 43.7 Å². The Hall–Kier alpha value is -3.02. The minimum atomic E-state index is 0.0777. The van der Waals surface area contributed by atoms with E-state index in [1.807, 2.05) is 19.1 Å². The third-order valence-electron chi connectivity index (χ3n) is 3.77. The first-order valence-electron chi connectivity index (χ1n) is 6.90. The Morgan fingerprint density at radius 1 is 0.818 bits per heavy atom. The fraction of sp³-hybridized carbons (Fsp3) is 0.125. The molecule has 0 unspecified atom stereocenters. The first kappa shape index (κ1) is 12.7. The van der Waals surface area contributed by atoms with Gasteiger partial charge in [0.25, 0.3) is 0 Å². The van der Waals surface area contributed by atoms with E-state index >= 15 is 0 Å². The summed E-state index contributed by atoms with van der Waals surface area (Å²) >= 11 is 0. The molecule has 0 bridgehead atoms. The number of aromatic nitrogens is 4. The van der Waals surface area contributed by atoms with E-state index in [-0.39, 0.29) is 11.5 Å². The minimum absolute atomic E-state index is 0.0777. The summed E-state index contributed by atoms with van der Waals surface area (Å²) in [5.74, 6) is 1.56. The van der Waals surface area contributed by atoms with Crippen LogP contribution in [0.15, 0.2) is 24.3 Å². The van der Waals surface area contributed by atoms with Gasteiger partial charge in [-0.15, -0.1) is 0 Å². The Morgan fingerprint density at radius 2 is 1.55 bits per heavy atom. The normalized spacial score (nSPS) is 11.5. The number of aromatic amines is 2. The van der Waals surface area contributed by atoms with Crippen molar-refractivity contribution in [3.63, 3.8) is 0 Å². The molecule has 2 heterocycles. The molecule has 0 aliphatic rings. The molecule has 4 N–H and O–H groups in total. The molecule has 22 heavy (non-hydrogen) atoms. The van der Waals surface area contributed by atoms with Crippen LogP contribution in [0.5, 0.6) is 11.5 Å². The number of benzene rings is 2. The quantitative estimate of drug-likeness (QED) is 0.405. The van der Waals surface area contributed by atoms with Crippen LogP contribution in [0.2, 0.25) is 0 Å². The van der Waals surface area contributed by atoms with E-state index in [1.165, 1.54) is 12.1 Å². The fourth-order valence-corrected chi connectivity index (χ4v) is 2.64. The van der Waals surface area contributed by atoms with Crippen LogP contribution in [0.1, 0.15) is 11.4 Å². The highest BCUT2D eigenvalue weighted by Gasteiger charge is 2.13. The van der Waals surface area contributed by atoms with Crippen molar-refractivity contribution in [2.24, 2.45) is 0 Å². The summed E-state index contributed by atoms with van der Waals surface area (Å²) in [5.41, 5.74) is 4.45. The molecule has 0 fully saturated rings. The zero-order chi connectivity index (χ0) is 15.4. The molecule has 6 nitrogen and oxygen atoms in total. The molecule has 2 aromatic carbocycles. The minimum Gasteiger partial charge on any atom is -0.508 e. The van der Waals surface area contributed by atoms with Gasteiger partial charge in [0.05, 0.1) is 27.6 Å². The van der Waals surface area contributed by atoms with E-state index in [4.69, 9.17) is 0 Å². The lowest BCUT2D eigenvalue weighted by atomic mass is 10.1. The van der Waals surface area contributed by atoms with Gasteiger partial charge in [-0.2, -0.15) is 0 Å². The van der Waals surface area contributed by atoms with Crippen LogP contribution in [-0.4, -0.2) is 30.1 Å². The third-order valence-corrected chi connectivity index (χ3v) is 3.77. The molecule has 4 rings (SSSR count). The van der Waals surface area contributed by atoms with E-state index in [9.17, 15) is 10.2 Å². The van der Waals surface area contributed by atoms with Crippen molar-refractivity contribution in [1.82, 2.24) is 19.9 Å². The number of fused-ring (bicyclic) bond motifs is 2. The number of hydrogen-bond acceptors (Lipinski definition) is 4. The Kier molecular flexibility index (Phi) is 2.45. The van der Waals surface area contributed by atoms with E-state index in [1.54, 1.807) is 6.92 Å². The number of hydrogen-bond donors (Lipinski definition) is 4. The monoisotopic (exact) mass is 294 g/mol. The number of phenolic OH excluding ortho intramolecular Hbond substituents is 2. The predicted octanol–water partition coefficient (Wildman–Crippen LogP) is 3.13. The molecule has 0 aliphatic heterocycles. The topological polar surface area (TPSA) is 97.8 Å². The summed E-state index contributed by atoms with van der Waals surface area (Å²) in [5, 5.41) is 19.9. The summed E-state index contributed by atoms with van der Waals surface area (Å²) in [6.07, 6.45) is 0. The number of aryl methyl sites for hydroxylation is 2. The second-order valence-corrected chi connectivity index (χ2v) is 5.45. The summed E-state index contributed by atoms with van der Waals surface area (Å²) in [4.78, 5) is 15.2. The number of imidazole rings is 2. The van der Waals surface area contributed by atoms with Crippen molar-refractivity contribution < 1.29 is 10.2 Å². The van der Waals surface area contributed by atoms with Crippen LogP contribution in [0, 0.1) is 13.8 Å². The zero-order valence-corrected chi connectivity index (χ0v) is 12.1. The van der Waals surface area contributed by atoms with Crippen LogP contribution in [0.25, 0.3) is 33.5 Å². The molecule has 6 heteroatoms. The van der Waals surface area contributed by atoms with Crippen molar-refractivity contribution in [3.8, 4) is 22.9 Å². The standard InChI is InChI=1S/C16H14N4O2/c1-7-3-15(22)9(4-14(7)21)16-19-12-5-10-11(6-13(12)20-16)18-8(2)17-10/h3-6,21-22H,1-2H3,(H,17,18)(H,19,20). The lowest BCUT2D eigenvalue weighted by Crippen LogP contribution is -1.84. The fourth-order valence-electron chi connectivity index (χ4n) is 2.64. The summed E-state index contributed by atoms with van der Waals surface area (Å²) in [6.45, 7) is 3.63.